The lowest BCUT2D eigenvalue weighted by atomic mass is 9.93. The topological polar surface area (TPSA) is 74.1 Å². The third-order valence-corrected chi connectivity index (χ3v) is 3.83. The average Bonchev–Trinajstić information content (AvgIpc) is 2.84. The van der Waals surface area contributed by atoms with Crippen molar-refractivity contribution >= 4 is 5.69 Å². The number of nitro groups is 1. The minimum atomic E-state index is -1.18. The Morgan fingerprint density at radius 3 is 2.81 bits per heavy atom. The van der Waals surface area contributed by atoms with Gasteiger partial charge in [0.2, 0.25) is 5.82 Å². The zero-order valence-corrected chi connectivity index (χ0v) is 11.1. The molecule has 0 spiro atoms. The van der Waals surface area contributed by atoms with Crippen LogP contribution in [0.2, 0.25) is 0 Å². The van der Waals surface area contributed by atoms with Crippen LogP contribution in [0, 0.1) is 21.7 Å². The summed E-state index contributed by atoms with van der Waals surface area (Å²) in [5, 5.41) is 10.8. The van der Waals surface area contributed by atoms with Crippen molar-refractivity contribution < 1.29 is 13.7 Å². The summed E-state index contributed by atoms with van der Waals surface area (Å²) >= 11 is 0. The molecule has 21 heavy (non-hydrogen) atoms. The molecule has 110 valence electrons. The van der Waals surface area contributed by atoms with Gasteiger partial charge in [-0.3, -0.25) is 10.1 Å². The van der Waals surface area contributed by atoms with Gasteiger partial charge in [0.1, 0.15) is 0 Å². The SMILES string of the molecule is NC1CCCc2c1ccn2-c1cc([N+](=O)[O-])c(F)cc1F. The van der Waals surface area contributed by atoms with Crippen LogP contribution in [0.1, 0.15) is 30.1 Å². The first-order valence-electron chi connectivity index (χ1n) is 6.58. The van der Waals surface area contributed by atoms with E-state index >= 15 is 0 Å². The highest BCUT2D eigenvalue weighted by molar-refractivity contribution is 5.48. The summed E-state index contributed by atoms with van der Waals surface area (Å²) in [4.78, 5) is 9.95. The minimum absolute atomic E-state index is 0.0292. The lowest BCUT2D eigenvalue weighted by Crippen LogP contribution is -2.18. The summed E-state index contributed by atoms with van der Waals surface area (Å²) in [6, 6.07) is 3.13. The fourth-order valence-corrected chi connectivity index (χ4v) is 2.80. The number of nitrogens with zero attached hydrogens (tertiary/aromatic N) is 2. The number of nitro benzene ring substituents is 1. The molecular formula is C14H13F2N3O2. The number of halogens is 2. The number of hydrogen-bond acceptors (Lipinski definition) is 3. The standard InChI is InChI=1S/C14H13F2N3O2/c15-9-6-10(16)14(19(20)21)7-13(9)18-5-4-8-11(17)2-1-3-12(8)18/h4-7,11H,1-3,17H2. The lowest BCUT2D eigenvalue weighted by molar-refractivity contribution is -0.387. The molecule has 2 N–H and O–H groups in total. The number of aromatic nitrogens is 1. The molecule has 0 saturated heterocycles. The predicted molar refractivity (Wildman–Crippen MR) is 72.2 cm³/mol. The van der Waals surface area contributed by atoms with Crippen molar-refractivity contribution in [1.82, 2.24) is 4.57 Å². The van der Waals surface area contributed by atoms with Crippen LogP contribution in [-0.4, -0.2) is 9.49 Å². The highest BCUT2D eigenvalue weighted by Crippen LogP contribution is 2.32. The van der Waals surface area contributed by atoms with Crippen LogP contribution in [0.5, 0.6) is 0 Å². The molecule has 1 unspecified atom stereocenters. The molecule has 0 aliphatic heterocycles. The molecule has 5 nitrogen and oxygen atoms in total. The number of rotatable bonds is 2. The summed E-state index contributed by atoms with van der Waals surface area (Å²) in [7, 11) is 0. The Labute approximate surface area is 119 Å². The highest BCUT2D eigenvalue weighted by Gasteiger charge is 2.24. The van der Waals surface area contributed by atoms with Crippen molar-refractivity contribution in [3.05, 3.63) is 57.4 Å². The smallest absolute Gasteiger partial charge is 0.307 e. The fraction of sp³-hybridized carbons (Fsp3) is 0.286. The molecule has 2 aromatic rings. The van der Waals surface area contributed by atoms with Gasteiger partial charge in [0.15, 0.2) is 5.82 Å². The summed E-state index contributed by atoms with van der Waals surface area (Å²) in [5.74, 6) is -2.02. The molecule has 7 heteroatoms. The number of nitrogens with two attached hydrogens (primary N) is 1. The van der Waals surface area contributed by atoms with Gasteiger partial charge in [-0.15, -0.1) is 0 Å². The fourth-order valence-electron chi connectivity index (χ4n) is 2.80. The van der Waals surface area contributed by atoms with Crippen molar-refractivity contribution in [2.24, 2.45) is 5.73 Å². The summed E-state index contributed by atoms with van der Waals surface area (Å²) < 4.78 is 28.9. The van der Waals surface area contributed by atoms with E-state index in [1.54, 1.807) is 12.3 Å². The van der Waals surface area contributed by atoms with Crippen LogP contribution >= 0.6 is 0 Å². The second-order valence-electron chi connectivity index (χ2n) is 5.10. The first-order valence-corrected chi connectivity index (χ1v) is 6.58. The van der Waals surface area contributed by atoms with Crippen LogP contribution in [0.25, 0.3) is 5.69 Å². The molecule has 0 radical (unpaired) electrons. The van der Waals surface area contributed by atoms with E-state index in [1.165, 1.54) is 4.57 Å². The number of hydrogen-bond donors (Lipinski definition) is 1. The highest BCUT2D eigenvalue weighted by atomic mass is 19.1. The zero-order valence-electron chi connectivity index (χ0n) is 11.1. The van der Waals surface area contributed by atoms with E-state index in [9.17, 15) is 18.9 Å². The Balaban J connectivity index is 2.17. The van der Waals surface area contributed by atoms with Gasteiger partial charge in [-0.25, -0.2) is 4.39 Å². The molecule has 1 aliphatic rings. The monoisotopic (exact) mass is 293 g/mol. The quantitative estimate of drug-likeness (QED) is 0.683. The molecule has 1 atom stereocenters. The minimum Gasteiger partial charge on any atom is -0.324 e. The Morgan fingerprint density at radius 2 is 2.10 bits per heavy atom. The Hall–Kier alpha value is -2.28. The van der Waals surface area contributed by atoms with Gasteiger partial charge in [-0.2, -0.15) is 4.39 Å². The van der Waals surface area contributed by atoms with Gasteiger partial charge in [0.25, 0.3) is 0 Å². The van der Waals surface area contributed by atoms with E-state index in [4.69, 9.17) is 5.73 Å². The van der Waals surface area contributed by atoms with Crippen molar-refractivity contribution in [3.8, 4) is 5.69 Å². The van der Waals surface area contributed by atoms with E-state index in [2.05, 4.69) is 0 Å². The van der Waals surface area contributed by atoms with Gasteiger partial charge in [0.05, 0.1) is 10.6 Å². The van der Waals surface area contributed by atoms with Gasteiger partial charge in [-0.05, 0) is 30.9 Å². The Bertz CT molecular complexity index is 727. The van der Waals surface area contributed by atoms with Gasteiger partial charge in [0, 0.05) is 30.1 Å². The third-order valence-electron chi connectivity index (χ3n) is 3.83. The molecule has 0 amide bonds. The molecule has 1 aromatic carbocycles. The van der Waals surface area contributed by atoms with Crippen molar-refractivity contribution in [2.75, 3.05) is 0 Å². The van der Waals surface area contributed by atoms with Crippen LogP contribution in [0.4, 0.5) is 14.5 Å². The van der Waals surface area contributed by atoms with E-state index < -0.39 is 22.2 Å². The summed E-state index contributed by atoms with van der Waals surface area (Å²) in [5.41, 5.74) is 6.97. The molecule has 3 rings (SSSR count). The lowest BCUT2D eigenvalue weighted by Gasteiger charge is -2.21. The average molecular weight is 293 g/mol. The third kappa shape index (κ3) is 2.19. The maximum absolute atomic E-state index is 14.0. The van der Waals surface area contributed by atoms with E-state index in [-0.39, 0.29) is 11.7 Å². The van der Waals surface area contributed by atoms with E-state index in [0.717, 1.165) is 30.2 Å². The summed E-state index contributed by atoms with van der Waals surface area (Å²) in [6.07, 6.45) is 4.04. The largest absolute Gasteiger partial charge is 0.324 e. The maximum atomic E-state index is 14.0. The van der Waals surface area contributed by atoms with Crippen molar-refractivity contribution in [3.63, 3.8) is 0 Å². The van der Waals surface area contributed by atoms with E-state index in [1.807, 2.05) is 0 Å². The first kappa shape index (κ1) is 13.7. The van der Waals surface area contributed by atoms with Crippen LogP contribution < -0.4 is 5.73 Å². The van der Waals surface area contributed by atoms with Crippen LogP contribution in [0.15, 0.2) is 24.4 Å². The molecule has 1 heterocycles. The second kappa shape index (κ2) is 4.92. The molecule has 0 bridgehead atoms. The van der Waals surface area contributed by atoms with Gasteiger partial charge >= 0.3 is 5.69 Å². The predicted octanol–water partition coefficient (Wildman–Crippen LogP) is 3.00. The molecule has 0 fully saturated rings. The Kier molecular flexibility index (Phi) is 3.21. The first-order chi connectivity index (χ1) is 9.99. The van der Waals surface area contributed by atoms with Gasteiger partial charge < -0.3 is 10.3 Å². The summed E-state index contributed by atoms with van der Waals surface area (Å²) in [6.45, 7) is 0. The van der Waals surface area contributed by atoms with Crippen LogP contribution in [0.3, 0.4) is 0 Å². The molecule has 1 aromatic heterocycles. The van der Waals surface area contributed by atoms with Crippen molar-refractivity contribution in [2.45, 2.75) is 25.3 Å². The molecule has 1 aliphatic carbocycles. The Morgan fingerprint density at radius 1 is 1.33 bits per heavy atom. The normalized spacial score (nSPS) is 17.6. The van der Waals surface area contributed by atoms with Crippen LogP contribution in [-0.2, 0) is 6.42 Å². The number of fused-ring (bicyclic) bond motifs is 1. The van der Waals surface area contributed by atoms with Crippen molar-refractivity contribution in [1.29, 1.82) is 0 Å². The van der Waals surface area contributed by atoms with Gasteiger partial charge in [-0.1, -0.05) is 0 Å². The molecular weight excluding hydrogens is 280 g/mol. The van der Waals surface area contributed by atoms with E-state index in [0.29, 0.717) is 12.5 Å². The second-order valence-corrected chi connectivity index (χ2v) is 5.10. The maximum Gasteiger partial charge on any atom is 0.307 e. The molecule has 0 saturated carbocycles. The number of benzene rings is 1. The zero-order chi connectivity index (χ0) is 15.1.